The molecule has 0 spiro atoms. The lowest BCUT2D eigenvalue weighted by Crippen LogP contribution is -2.41. The third kappa shape index (κ3) is 3.89. The van der Waals surface area contributed by atoms with Gasteiger partial charge in [0.15, 0.2) is 0 Å². The van der Waals surface area contributed by atoms with E-state index in [1.807, 2.05) is 45.9 Å². The Morgan fingerprint density at radius 1 is 1.35 bits per heavy atom. The van der Waals surface area contributed by atoms with E-state index in [0.717, 1.165) is 27.7 Å². The summed E-state index contributed by atoms with van der Waals surface area (Å²) in [6.07, 6.45) is 1.94. The maximum atomic E-state index is 8.81. The van der Waals surface area contributed by atoms with Gasteiger partial charge in [0.25, 0.3) is 0 Å². The van der Waals surface area contributed by atoms with Crippen molar-refractivity contribution in [3.05, 3.63) is 29.2 Å². The standard InChI is InChI=1S/C16H21BN2O2S2/c1-15(2)16(3,4)21-17(20-15)12(9-22)7-11-8-13(23-10-18)5-6-14(11)19/h5-8,22H,9,19H2,1-4H3. The first kappa shape index (κ1) is 18.3. The van der Waals surface area contributed by atoms with Crippen LogP contribution in [0.25, 0.3) is 6.08 Å². The van der Waals surface area contributed by atoms with Gasteiger partial charge in [-0.15, -0.1) is 0 Å². The van der Waals surface area contributed by atoms with Crippen LogP contribution in [0.2, 0.25) is 0 Å². The molecule has 23 heavy (non-hydrogen) atoms. The zero-order valence-corrected chi connectivity index (χ0v) is 15.5. The summed E-state index contributed by atoms with van der Waals surface area (Å²) in [6.45, 7) is 8.06. The molecule has 0 atom stereocenters. The Kier molecular flexibility index (Phi) is 5.42. The molecule has 0 amide bonds. The van der Waals surface area contributed by atoms with Crippen molar-refractivity contribution in [2.24, 2.45) is 0 Å². The maximum Gasteiger partial charge on any atom is 0.491 e. The molecule has 0 aliphatic carbocycles. The minimum atomic E-state index is -0.454. The molecular weight excluding hydrogens is 327 g/mol. The average molecular weight is 348 g/mol. The smallest absolute Gasteiger partial charge is 0.400 e. The molecule has 4 nitrogen and oxygen atoms in total. The molecule has 0 saturated carbocycles. The Bertz CT molecular complexity index is 653. The van der Waals surface area contributed by atoms with E-state index in [9.17, 15) is 0 Å². The minimum Gasteiger partial charge on any atom is -0.400 e. The zero-order chi connectivity index (χ0) is 17.3. The summed E-state index contributed by atoms with van der Waals surface area (Å²) >= 11 is 5.51. The second kappa shape index (κ2) is 6.82. The highest BCUT2D eigenvalue weighted by Gasteiger charge is 2.52. The molecule has 1 aliphatic heterocycles. The van der Waals surface area contributed by atoms with Crippen molar-refractivity contribution in [2.75, 3.05) is 11.5 Å². The van der Waals surface area contributed by atoms with E-state index in [2.05, 4.69) is 18.0 Å². The van der Waals surface area contributed by atoms with Gasteiger partial charge in [-0.2, -0.15) is 17.9 Å². The first-order chi connectivity index (χ1) is 10.7. The summed E-state index contributed by atoms with van der Waals surface area (Å²) in [4.78, 5) is 0.848. The molecule has 0 unspecified atom stereocenters. The van der Waals surface area contributed by atoms with Crippen LogP contribution in [-0.4, -0.2) is 24.1 Å². The number of hydrogen-bond acceptors (Lipinski definition) is 6. The first-order valence-corrected chi connectivity index (χ1v) is 8.77. The zero-order valence-electron chi connectivity index (χ0n) is 13.8. The van der Waals surface area contributed by atoms with E-state index in [-0.39, 0.29) is 0 Å². The Balaban J connectivity index is 2.34. The van der Waals surface area contributed by atoms with Gasteiger partial charge in [0.1, 0.15) is 5.40 Å². The topological polar surface area (TPSA) is 68.3 Å². The van der Waals surface area contributed by atoms with Gasteiger partial charge >= 0.3 is 7.12 Å². The maximum absolute atomic E-state index is 8.81. The van der Waals surface area contributed by atoms with Crippen LogP contribution < -0.4 is 5.73 Å². The van der Waals surface area contributed by atoms with Gasteiger partial charge < -0.3 is 15.0 Å². The van der Waals surface area contributed by atoms with E-state index in [4.69, 9.17) is 20.3 Å². The predicted octanol–water partition coefficient (Wildman–Crippen LogP) is 3.79. The van der Waals surface area contributed by atoms with Crippen molar-refractivity contribution in [1.29, 1.82) is 5.26 Å². The Morgan fingerprint density at radius 2 is 1.96 bits per heavy atom. The quantitative estimate of drug-likeness (QED) is 0.285. The predicted molar refractivity (Wildman–Crippen MR) is 100 cm³/mol. The van der Waals surface area contributed by atoms with Gasteiger partial charge in [-0.05, 0) is 68.7 Å². The summed E-state index contributed by atoms with van der Waals surface area (Å²) in [6, 6.07) is 5.51. The van der Waals surface area contributed by atoms with Crippen molar-refractivity contribution in [2.45, 2.75) is 43.8 Å². The number of anilines is 1. The van der Waals surface area contributed by atoms with Crippen molar-refractivity contribution < 1.29 is 9.31 Å². The largest absolute Gasteiger partial charge is 0.491 e. The number of hydrogen-bond donors (Lipinski definition) is 2. The summed E-state index contributed by atoms with van der Waals surface area (Å²) in [5.74, 6) is 0.492. The van der Waals surface area contributed by atoms with Gasteiger partial charge in [-0.1, -0.05) is 6.08 Å². The lowest BCUT2D eigenvalue weighted by atomic mass is 9.78. The van der Waals surface area contributed by atoms with Gasteiger partial charge in [0, 0.05) is 16.3 Å². The van der Waals surface area contributed by atoms with Gasteiger partial charge in [0.05, 0.1) is 11.2 Å². The Labute approximate surface area is 148 Å². The molecule has 1 aromatic rings. The van der Waals surface area contributed by atoms with Crippen LogP contribution in [0, 0.1) is 10.7 Å². The Hall–Kier alpha value is -1.07. The molecule has 7 heteroatoms. The highest BCUT2D eigenvalue weighted by molar-refractivity contribution is 8.03. The number of thioether (sulfide) groups is 1. The summed E-state index contributed by atoms with van der Waals surface area (Å²) in [5, 5.41) is 10.9. The van der Waals surface area contributed by atoms with E-state index < -0.39 is 18.3 Å². The van der Waals surface area contributed by atoms with Crippen molar-refractivity contribution in [3.63, 3.8) is 0 Å². The van der Waals surface area contributed by atoms with Crippen LogP contribution in [0.5, 0.6) is 0 Å². The number of nitrogens with zero attached hydrogens (tertiary/aromatic N) is 1. The number of nitriles is 1. The number of nitrogen functional groups attached to an aromatic ring is 1. The third-order valence-corrected chi connectivity index (χ3v) is 5.25. The minimum absolute atomic E-state index is 0.399. The average Bonchev–Trinajstić information content (AvgIpc) is 2.68. The van der Waals surface area contributed by atoms with Crippen LogP contribution in [0.15, 0.2) is 28.6 Å². The molecule has 2 N–H and O–H groups in total. The normalized spacial score (nSPS) is 19.7. The molecule has 1 fully saturated rings. The number of thiol groups is 1. The number of rotatable bonds is 4. The lowest BCUT2D eigenvalue weighted by molar-refractivity contribution is 0.00578. The molecule has 0 radical (unpaired) electrons. The van der Waals surface area contributed by atoms with Crippen molar-refractivity contribution in [1.82, 2.24) is 0 Å². The number of thiocyanates is 1. The molecule has 1 aromatic carbocycles. The van der Waals surface area contributed by atoms with Gasteiger partial charge in [-0.25, -0.2) is 0 Å². The molecule has 1 aliphatic rings. The van der Waals surface area contributed by atoms with Crippen LogP contribution in [-0.2, 0) is 9.31 Å². The number of benzene rings is 1. The van der Waals surface area contributed by atoms with Crippen LogP contribution in [0.3, 0.4) is 0 Å². The molecule has 1 saturated heterocycles. The second-order valence-electron chi connectivity index (χ2n) is 6.45. The molecular formula is C16H21BN2O2S2. The van der Waals surface area contributed by atoms with Crippen LogP contribution in [0.4, 0.5) is 5.69 Å². The molecule has 122 valence electrons. The molecule has 2 rings (SSSR count). The second-order valence-corrected chi connectivity index (χ2v) is 7.62. The molecule has 0 bridgehead atoms. The fourth-order valence-electron chi connectivity index (χ4n) is 2.18. The SMILES string of the molecule is CC1(C)OB(C(=Cc2cc(SC#N)ccc2N)CS)OC1(C)C. The van der Waals surface area contributed by atoms with Crippen molar-refractivity contribution >= 4 is 43.3 Å². The van der Waals surface area contributed by atoms with Crippen LogP contribution >= 0.6 is 24.4 Å². The summed E-state index contributed by atoms with van der Waals surface area (Å²) < 4.78 is 12.1. The summed E-state index contributed by atoms with van der Waals surface area (Å²) in [5.41, 5.74) is 7.63. The first-order valence-electron chi connectivity index (χ1n) is 7.32. The fraction of sp³-hybridized carbons (Fsp3) is 0.438. The van der Waals surface area contributed by atoms with E-state index >= 15 is 0 Å². The van der Waals surface area contributed by atoms with Crippen LogP contribution in [0.1, 0.15) is 33.3 Å². The van der Waals surface area contributed by atoms with Crippen molar-refractivity contribution in [3.8, 4) is 5.40 Å². The fourth-order valence-corrected chi connectivity index (χ4v) is 2.84. The third-order valence-electron chi connectivity index (χ3n) is 4.30. The summed E-state index contributed by atoms with van der Waals surface area (Å²) in [7, 11) is -0.454. The lowest BCUT2D eigenvalue weighted by Gasteiger charge is -2.32. The monoisotopic (exact) mass is 348 g/mol. The van der Waals surface area contributed by atoms with Gasteiger partial charge in [0.2, 0.25) is 0 Å². The van der Waals surface area contributed by atoms with E-state index in [1.54, 1.807) is 6.07 Å². The number of nitrogens with two attached hydrogens (primary N) is 1. The highest BCUT2D eigenvalue weighted by atomic mass is 32.2. The Morgan fingerprint density at radius 3 is 2.48 bits per heavy atom. The van der Waals surface area contributed by atoms with E-state index in [0.29, 0.717) is 11.4 Å². The molecule has 0 aromatic heterocycles. The molecule has 1 heterocycles. The van der Waals surface area contributed by atoms with Gasteiger partial charge in [-0.3, -0.25) is 0 Å². The van der Waals surface area contributed by atoms with E-state index in [1.165, 1.54) is 0 Å². The highest BCUT2D eigenvalue weighted by Crippen LogP contribution is 2.39.